The molecule has 1 nitrogen and oxygen atoms in total. The highest BCUT2D eigenvalue weighted by molar-refractivity contribution is 6.68. The fourth-order valence-electron chi connectivity index (χ4n) is 1.21. The van der Waals surface area contributed by atoms with Crippen molar-refractivity contribution in [3.8, 4) is 0 Å². The first kappa shape index (κ1) is 14.9. The van der Waals surface area contributed by atoms with E-state index in [1.54, 1.807) is 0 Å². The van der Waals surface area contributed by atoms with Crippen molar-refractivity contribution in [3.05, 3.63) is 35.4 Å². The molecule has 0 spiro atoms. The van der Waals surface area contributed by atoms with E-state index in [1.165, 1.54) is 12.1 Å². The van der Waals surface area contributed by atoms with Crippen LogP contribution in [-0.2, 0) is 12.6 Å². The molecular weight excluding hydrogens is 299 g/mol. The topological polar surface area (TPSA) is 20.2 Å². The lowest BCUT2D eigenvalue weighted by molar-refractivity contribution is -0.137. The second kappa shape index (κ2) is 5.22. The molecule has 0 saturated heterocycles. The number of aliphatic hydroxyl groups excluding tert-OH is 1. The van der Waals surface area contributed by atoms with Crippen LogP contribution in [0.5, 0.6) is 0 Å². The predicted octanol–water partition coefficient (Wildman–Crippen LogP) is 3.98. The first-order valence-corrected chi connectivity index (χ1v) is 5.65. The third-order valence-electron chi connectivity index (χ3n) is 2.06. The zero-order valence-electron chi connectivity index (χ0n) is 8.31. The zero-order chi connectivity index (χ0) is 13.3. The molecule has 0 amide bonds. The lowest BCUT2D eigenvalue weighted by Crippen LogP contribution is -2.27. The van der Waals surface area contributed by atoms with Crippen molar-refractivity contribution in [2.45, 2.75) is 22.5 Å². The summed E-state index contributed by atoms with van der Waals surface area (Å²) in [5.74, 6) is 0. The Hall–Kier alpha value is -0.160. The van der Waals surface area contributed by atoms with Gasteiger partial charge in [-0.2, -0.15) is 13.2 Å². The van der Waals surface area contributed by atoms with E-state index in [0.717, 1.165) is 12.1 Å². The van der Waals surface area contributed by atoms with Crippen LogP contribution in [-0.4, -0.2) is 15.0 Å². The van der Waals surface area contributed by atoms with E-state index < -0.39 is 21.6 Å². The number of alkyl halides is 6. The predicted molar refractivity (Wildman–Crippen MR) is 61.4 cm³/mol. The highest BCUT2D eigenvalue weighted by atomic mass is 35.6. The highest BCUT2D eigenvalue weighted by Crippen LogP contribution is 2.33. The molecule has 7 heteroatoms. The molecule has 1 rings (SSSR count). The van der Waals surface area contributed by atoms with Crippen molar-refractivity contribution in [1.82, 2.24) is 0 Å². The summed E-state index contributed by atoms with van der Waals surface area (Å²) in [4.78, 5) is 0. The summed E-state index contributed by atoms with van der Waals surface area (Å²) < 4.78 is 35.3. The van der Waals surface area contributed by atoms with Crippen LogP contribution < -0.4 is 0 Å². The highest BCUT2D eigenvalue weighted by Gasteiger charge is 2.33. The van der Waals surface area contributed by atoms with Crippen LogP contribution in [0.4, 0.5) is 13.2 Å². The van der Waals surface area contributed by atoms with Gasteiger partial charge in [0.1, 0.15) is 6.10 Å². The molecule has 0 radical (unpaired) electrons. The summed E-state index contributed by atoms with van der Waals surface area (Å²) in [6.45, 7) is 0. The fraction of sp³-hybridized carbons (Fsp3) is 0.400. The third-order valence-corrected chi connectivity index (χ3v) is 2.82. The standard InChI is InChI=1S/C10H8Cl3F3O/c11-9(12,13)8(17)5-6-2-1-3-7(4-6)10(14,15)16/h1-4,8,17H,5H2. The number of benzene rings is 1. The van der Waals surface area contributed by atoms with Crippen molar-refractivity contribution in [3.63, 3.8) is 0 Å². The molecule has 0 fully saturated rings. The van der Waals surface area contributed by atoms with Gasteiger partial charge in [0.05, 0.1) is 5.56 Å². The summed E-state index contributed by atoms with van der Waals surface area (Å²) >= 11 is 16.3. The van der Waals surface area contributed by atoms with Crippen LogP contribution in [0.2, 0.25) is 0 Å². The number of halogens is 6. The molecule has 0 aromatic heterocycles. The Bertz CT molecular complexity index is 387. The van der Waals surface area contributed by atoms with E-state index in [4.69, 9.17) is 34.8 Å². The van der Waals surface area contributed by atoms with Crippen molar-refractivity contribution in [1.29, 1.82) is 0 Å². The van der Waals surface area contributed by atoms with Crippen LogP contribution in [0.3, 0.4) is 0 Å². The molecule has 1 aromatic rings. The summed E-state index contributed by atoms with van der Waals surface area (Å²) in [5.41, 5.74) is -0.551. The van der Waals surface area contributed by atoms with Crippen LogP contribution in [0.25, 0.3) is 0 Å². The minimum Gasteiger partial charge on any atom is -0.388 e. The van der Waals surface area contributed by atoms with Gasteiger partial charge in [0.25, 0.3) is 0 Å². The lowest BCUT2D eigenvalue weighted by atomic mass is 10.1. The number of aliphatic hydroxyl groups is 1. The van der Waals surface area contributed by atoms with Gasteiger partial charge < -0.3 is 5.11 Å². The Kier molecular flexibility index (Phi) is 4.58. The largest absolute Gasteiger partial charge is 0.416 e. The van der Waals surface area contributed by atoms with Gasteiger partial charge in [0.15, 0.2) is 0 Å². The number of hydrogen-bond donors (Lipinski definition) is 1. The van der Waals surface area contributed by atoms with Crippen LogP contribution >= 0.6 is 34.8 Å². The van der Waals surface area contributed by atoms with Crippen LogP contribution in [0.15, 0.2) is 24.3 Å². The smallest absolute Gasteiger partial charge is 0.388 e. The van der Waals surface area contributed by atoms with Crippen molar-refractivity contribution in [2.75, 3.05) is 0 Å². The molecule has 96 valence electrons. The van der Waals surface area contributed by atoms with Gasteiger partial charge in [-0.25, -0.2) is 0 Å². The third kappa shape index (κ3) is 4.54. The molecule has 1 atom stereocenters. The second-order valence-corrected chi connectivity index (χ2v) is 5.83. The SMILES string of the molecule is OC(Cc1cccc(C(F)(F)F)c1)C(Cl)(Cl)Cl. The van der Waals surface area contributed by atoms with Crippen molar-refractivity contribution in [2.24, 2.45) is 0 Å². The van der Waals surface area contributed by atoms with E-state index in [1.807, 2.05) is 0 Å². The molecule has 0 bridgehead atoms. The maximum atomic E-state index is 12.4. The monoisotopic (exact) mass is 306 g/mol. The normalized spacial score (nSPS) is 14.8. The minimum absolute atomic E-state index is 0.166. The van der Waals surface area contributed by atoms with Gasteiger partial charge in [-0.3, -0.25) is 0 Å². The molecule has 0 aliphatic rings. The van der Waals surface area contributed by atoms with Gasteiger partial charge in [-0.05, 0) is 11.6 Å². The lowest BCUT2D eigenvalue weighted by Gasteiger charge is -2.19. The minimum atomic E-state index is -4.43. The average Bonchev–Trinajstić information content (AvgIpc) is 2.15. The van der Waals surface area contributed by atoms with E-state index >= 15 is 0 Å². The first-order chi connectivity index (χ1) is 7.60. The fourth-order valence-corrected chi connectivity index (χ4v) is 1.45. The number of hydrogen-bond acceptors (Lipinski definition) is 1. The summed E-state index contributed by atoms with van der Waals surface area (Å²) in [6.07, 6.45) is -5.96. The molecule has 0 saturated carbocycles. The zero-order valence-corrected chi connectivity index (χ0v) is 10.6. The van der Waals surface area contributed by atoms with Gasteiger partial charge in [-0.1, -0.05) is 53.0 Å². The maximum Gasteiger partial charge on any atom is 0.416 e. The molecule has 17 heavy (non-hydrogen) atoms. The molecule has 0 aliphatic carbocycles. The van der Waals surface area contributed by atoms with Crippen molar-refractivity contribution < 1.29 is 18.3 Å². The first-order valence-electron chi connectivity index (χ1n) is 4.51. The summed E-state index contributed by atoms with van der Waals surface area (Å²) in [5, 5.41) is 9.46. The van der Waals surface area contributed by atoms with Gasteiger partial charge >= 0.3 is 6.18 Å². The van der Waals surface area contributed by atoms with E-state index in [-0.39, 0.29) is 12.0 Å². The van der Waals surface area contributed by atoms with Gasteiger partial charge in [0, 0.05) is 6.42 Å². The molecule has 0 heterocycles. The Morgan fingerprint density at radius 1 is 1.18 bits per heavy atom. The molecule has 1 unspecified atom stereocenters. The molecule has 0 aliphatic heterocycles. The Labute approximate surface area is 111 Å². The molecule has 1 N–H and O–H groups in total. The Morgan fingerprint density at radius 2 is 1.76 bits per heavy atom. The Morgan fingerprint density at radius 3 is 2.24 bits per heavy atom. The van der Waals surface area contributed by atoms with Gasteiger partial charge in [-0.15, -0.1) is 0 Å². The quantitative estimate of drug-likeness (QED) is 0.819. The molecule has 1 aromatic carbocycles. The van der Waals surface area contributed by atoms with Crippen LogP contribution in [0, 0.1) is 0 Å². The Balaban J connectivity index is 2.87. The van der Waals surface area contributed by atoms with Gasteiger partial charge in [0.2, 0.25) is 3.79 Å². The van der Waals surface area contributed by atoms with E-state index in [9.17, 15) is 18.3 Å². The maximum absolute atomic E-state index is 12.4. The van der Waals surface area contributed by atoms with E-state index in [2.05, 4.69) is 0 Å². The van der Waals surface area contributed by atoms with Crippen LogP contribution in [0.1, 0.15) is 11.1 Å². The van der Waals surface area contributed by atoms with E-state index in [0.29, 0.717) is 0 Å². The number of rotatable bonds is 2. The molecular formula is C10H8Cl3F3O. The summed E-state index contributed by atoms with van der Waals surface area (Å²) in [6, 6.07) is 4.52. The van der Waals surface area contributed by atoms with Crippen molar-refractivity contribution >= 4 is 34.8 Å². The average molecular weight is 308 g/mol. The second-order valence-electron chi connectivity index (χ2n) is 3.46. The summed E-state index contributed by atoms with van der Waals surface area (Å²) in [7, 11) is 0.